The average Bonchev–Trinajstić information content (AvgIpc) is 2.88. The van der Waals surface area contributed by atoms with Crippen molar-refractivity contribution in [1.29, 1.82) is 0 Å². The number of hydrogen-bond donors (Lipinski definition) is 2. The van der Waals surface area contributed by atoms with Gasteiger partial charge in [0.15, 0.2) is 0 Å². The fourth-order valence-corrected chi connectivity index (χ4v) is 3.74. The molecular weight excluding hydrogens is 238 g/mol. The average molecular weight is 267 g/mol. The summed E-state index contributed by atoms with van der Waals surface area (Å²) >= 11 is 0. The minimum atomic E-state index is 0.192. The van der Waals surface area contributed by atoms with Gasteiger partial charge in [0.25, 0.3) is 0 Å². The Hall–Kier alpha value is -0.610. The van der Waals surface area contributed by atoms with Gasteiger partial charge in [-0.15, -0.1) is 0 Å². The van der Waals surface area contributed by atoms with E-state index in [1.807, 2.05) is 0 Å². The molecule has 0 saturated heterocycles. The lowest BCUT2D eigenvalue weighted by Crippen LogP contribution is -2.46. The highest BCUT2D eigenvalue weighted by Gasteiger charge is 2.30. The number of nitrogens with zero attached hydrogens (tertiary/aromatic N) is 1. The molecule has 19 heavy (non-hydrogen) atoms. The second kappa shape index (κ2) is 7.25. The first-order chi connectivity index (χ1) is 9.20. The largest absolute Gasteiger partial charge is 0.352 e. The molecule has 0 aromatic carbocycles. The predicted octanol–water partition coefficient (Wildman–Crippen LogP) is 1.49. The van der Waals surface area contributed by atoms with Crippen LogP contribution in [0.1, 0.15) is 51.4 Å². The van der Waals surface area contributed by atoms with Gasteiger partial charge in [0.1, 0.15) is 0 Å². The lowest BCUT2D eigenvalue weighted by molar-refractivity contribution is -0.123. The third-order valence-corrected chi connectivity index (χ3v) is 4.85. The van der Waals surface area contributed by atoms with Gasteiger partial charge in [0, 0.05) is 12.1 Å². The van der Waals surface area contributed by atoms with Crippen LogP contribution in [0.25, 0.3) is 0 Å². The SMILES string of the molecule is CN(CC(=O)NC1CCCCC1)C1CCCC1CN. The summed E-state index contributed by atoms with van der Waals surface area (Å²) in [5.41, 5.74) is 5.81. The summed E-state index contributed by atoms with van der Waals surface area (Å²) in [4.78, 5) is 14.3. The van der Waals surface area contributed by atoms with Gasteiger partial charge in [-0.25, -0.2) is 0 Å². The molecule has 4 heteroatoms. The van der Waals surface area contributed by atoms with Crippen molar-refractivity contribution in [2.24, 2.45) is 11.7 Å². The Morgan fingerprint density at radius 1 is 1.16 bits per heavy atom. The molecule has 1 amide bonds. The van der Waals surface area contributed by atoms with Crippen LogP contribution in [0.2, 0.25) is 0 Å². The first kappa shape index (κ1) is 14.8. The maximum absolute atomic E-state index is 12.1. The van der Waals surface area contributed by atoms with Crippen molar-refractivity contribution in [3.63, 3.8) is 0 Å². The lowest BCUT2D eigenvalue weighted by atomic mass is 9.95. The van der Waals surface area contributed by atoms with Crippen molar-refractivity contribution in [3.8, 4) is 0 Å². The molecule has 0 heterocycles. The zero-order chi connectivity index (χ0) is 13.7. The summed E-state index contributed by atoms with van der Waals surface area (Å²) in [5.74, 6) is 0.768. The van der Waals surface area contributed by atoms with Gasteiger partial charge in [0.05, 0.1) is 6.54 Å². The normalized spacial score (nSPS) is 28.8. The molecule has 2 aliphatic rings. The molecule has 110 valence electrons. The fourth-order valence-electron chi connectivity index (χ4n) is 3.74. The molecule has 0 aromatic heterocycles. The third kappa shape index (κ3) is 4.18. The first-order valence-electron chi connectivity index (χ1n) is 7.90. The van der Waals surface area contributed by atoms with Crippen molar-refractivity contribution in [2.45, 2.75) is 63.5 Å². The molecule has 4 nitrogen and oxygen atoms in total. The zero-order valence-electron chi connectivity index (χ0n) is 12.2. The van der Waals surface area contributed by atoms with Crippen LogP contribution in [0, 0.1) is 5.92 Å². The number of likely N-dealkylation sites (N-methyl/N-ethyl adjacent to an activating group) is 1. The predicted molar refractivity (Wildman–Crippen MR) is 77.8 cm³/mol. The van der Waals surface area contributed by atoms with E-state index in [1.54, 1.807) is 0 Å². The van der Waals surface area contributed by atoms with Crippen LogP contribution in [0.5, 0.6) is 0 Å². The van der Waals surface area contributed by atoms with Crippen molar-refractivity contribution in [1.82, 2.24) is 10.2 Å². The van der Waals surface area contributed by atoms with Gasteiger partial charge in [-0.05, 0) is 45.2 Å². The van der Waals surface area contributed by atoms with Gasteiger partial charge in [-0.1, -0.05) is 25.7 Å². The molecule has 2 unspecified atom stereocenters. The summed E-state index contributed by atoms with van der Waals surface area (Å²) in [6.07, 6.45) is 9.82. The number of rotatable bonds is 5. The van der Waals surface area contributed by atoms with Crippen LogP contribution < -0.4 is 11.1 Å². The number of hydrogen-bond acceptors (Lipinski definition) is 3. The van der Waals surface area contributed by atoms with Gasteiger partial charge in [-0.3, -0.25) is 9.69 Å². The summed E-state index contributed by atoms with van der Waals surface area (Å²) in [6.45, 7) is 1.27. The van der Waals surface area contributed by atoms with Gasteiger partial charge in [-0.2, -0.15) is 0 Å². The number of nitrogens with two attached hydrogens (primary N) is 1. The molecule has 2 aliphatic carbocycles. The van der Waals surface area contributed by atoms with E-state index in [1.165, 1.54) is 38.5 Å². The van der Waals surface area contributed by atoms with Gasteiger partial charge >= 0.3 is 0 Å². The highest BCUT2D eigenvalue weighted by molar-refractivity contribution is 5.78. The molecule has 2 rings (SSSR count). The van der Waals surface area contributed by atoms with Crippen LogP contribution in [-0.4, -0.2) is 43.0 Å². The standard InChI is InChI=1S/C15H29N3O/c1-18(14-9-5-6-12(14)10-16)11-15(19)17-13-7-3-2-4-8-13/h12-14H,2-11,16H2,1H3,(H,17,19). The molecule has 0 bridgehead atoms. The van der Waals surface area contributed by atoms with Crippen LogP contribution in [0.15, 0.2) is 0 Å². The van der Waals surface area contributed by atoms with E-state index in [0.717, 1.165) is 19.4 Å². The molecule has 2 fully saturated rings. The van der Waals surface area contributed by atoms with Crippen LogP contribution in [0.4, 0.5) is 0 Å². The lowest BCUT2D eigenvalue weighted by Gasteiger charge is -2.30. The molecule has 0 aromatic rings. The molecule has 2 atom stereocenters. The third-order valence-electron chi connectivity index (χ3n) is 4.85. The van der Waals surface area contributed by atoms with E-state index >= 15 is 0 Å². The number of amides is 1. The fraction of sp³-hybridized carbons (Fsp3) is 0.933. The van der Waals surface area contributed by atoms with Crippen LogP contribution >= 0.6 is 0 Å². The smallest absolute Gasteiger partial charge is 0.234 e. The summed E-state index contributed by atoms with van der Waals surface area (Å²) in [6, 6.07) is 0.922. The monoisotopic (exact) mass is 267 g/mol. The van der Waals surface area contributed by atoms with Gasteiger partial charge < -0.3 is 11.1 Å². The quantitative estimate of drug-likeness (QED) is 0.793. The molecular formula is C15H29N3O. The Balaban J connectivity index is 1.74. The molecule has 0 radical (unpaired) electrons. The maximum Gasteiger partial charge on any atom is 0.234 e. The molecule has 0 aliphatic heterocycles. The Labute approximate surface area is 117 Å². The summed E-state index contributed by atoms with van der Waals surface area (Å²) in [7, 11) is 2.07. The van der Waals surface area contributed by atoms with E-state index in [9.17, 15) is 4.79 Å². The van der Waals surface area contributed by atoms with E-state index in [-0.39, 0.29) is 5.91 Å². The Bertz CT molecular complexity index is 289. The highest BCUT2D eigenvalue weighted by atomic mass is 16.2. The van der Waals surface area contributed by atoms with Crippen molar-refractivity contribution < 1.29 is 4.79 Å². The van der Waals surface area contributed by atoms with Crippen molar-refractivity contribution in [2.75, 3.05) is 20.1 Å². The molecule has 0 spiro atoms. The minimum absolute atomic E-state index is 0.192. The van der Waals surface area contributed by atoms with E-state index in [0.29, 0.717) is 24.5 Å². The number of nitrogens with one attached hydrogen (secondary N) is 1. The Morgan fingerprint density at radius 3 is 2.58 bits per heavy atom. The van der Waals surface area contributed by atoms with Crippen LogP contribution in [0.3, 0.4) is 0 Å². The topological polar surface area (TPSA) is 58.4 Å². The molecule has 2 saturated carbocycles. The maximum atomic E-state index is 12.1. The van der Waals surface area contributed by atoms with Gasteiger partial charge in [0.2, 0.25) is 5.91 Å². The second-order valence-electron chi connectivity index (χ2n) is 6.31. The number of carbonyl (C=O) groups excluding carboxylic acids is 1. The van der Waals surface area contributed by atoms with Crippen molar-refractivity contribution in [3.05, 3.63) is 0 Å². The van der Waals surface area contributed by atoms with E-state index < -0.39 is 0 Å². The summed E-state index contributed by atoms with van der Waals surface area (Å²) < 4.78 is 0. The zero-order valence-corrected chi connectivity index (χ0v) is 12.2. The molecule has 3 N–H and O–H groups in total. The van der Waals surface area contributed by atoms with E-state index in [4.69, 9.17) is 5.73 Å². The Morgan fingerprint density at radius 2 is 1.89 bits per heavy atom. The Kier molecular flexibility index (Phi) is 5.64. The summed E-state index contributed by atoms with van der Waals surface area (Å²) in [5, 5.41) is 3.19. The first-order valence-corrected chi connectivity index (χ1v) is 7.90. The second-order valence-corrected chi connectivity index (χ2v) is 6.31. The van der Waals surface area contributed by atoms with E-state index in [2.05, 4.69) is 17.3 Å². The number of carbonyl (C=O) groups is 1. The van der Waals surface area contributed by atoms with Crippen molar-refractivity contribution >= 4 is 5.91 Å². The van der Waals surface area contributed by atoms with Crippen LogP contribution in [-0.2, 0) is 4.79 Å². The highest BCUT2D eigenvalue weighted by Crippen LogP contribution is 2.28. The minimum Gasteiger partial charge on any atom is -0.352 e.